The Labute approximate surface area is 92.5 Å². The molecule has 14 heavy (non-hydrogen) atoms. The van der Waals surface area contributed by atoms with Crippen LogP contribution in [-0.4, -0.2) is 12.4 Å². The van der Waals surface area contributed by atoms with Gasteiger partial charge < -0.3 is 5.32 Å². The molecule has 0 aliphatic heterocycles. The Hall–Kier alpha value is -0.730. The maximum absolute atomic E-state index is 12.6. The van der Waals surface area contributed by atoms with E-state index in [0.717, 1.165) is 0 Å². The van der Waals surface area contributed by atoms with E-state index < -0.39 is 0 Å². The Balaban J connectivity index is 2.55. The monoisotopic (exact) mass is 233 g/mol. The highest BCUT2D eigenvalue weighted by Crippen LogP contribution is 2.21. The molecule has 1 rings (SSSR count). The molecule has 0 saturated heterocycles. The zero-order chi connectivity index (χ0) is 10.4. The van der Waals surface area contributed by atoms with E-state index in [2.05, 4.69) is 5.32 Å². The number of nitrogens with one attached hydrogen (secondary N) is 1. The van der Waals surface area contributed by atoms with E-state index in [1.165, 1.54) is 12.1 Å². The molecule has 4 heteroatoms. The molecule has 0 bridgehead atoms. The summed E-state index contributed by atoms with van der Waals surface area (Å²) in [5.74, 6) is 0.149. The summed E-state index contributed by atoms with van der Waals surface area (Å²) in [7, 11) is 0. The van der Waals surface area contributed by atoms with Gasteiger partial charge in [0.2, 0.25) is 0 Å². The average Bonchev–Trinajstić information content (AvgIpc) is 2.15. The zero-order valence-corrected chi connectivity index (χ0v) is 8.95. The largest absolute Gasteiger partial charge is 0.380 e. The summed E-state index contributed by atoms with van der Waals surface area (Å²) >= 11 is 11.2. The smallest absolute Gasteiger partial charge is 0.124 e. The van der Waals surface area contributed by atoms with Crippen molar-refractivity contribution in [3.05, 3.63) is 41.2 Å². The van der Waals surface area contributed by atoms with Gasteiger partial charge in [-0.1, -0.05) is 23.8 Å². The van der Waals surface area contributed by atoms with E-state index in [-0.39, 0.29) is 5.82 Å². The van der Waals surface area contributed by atoms with Gasteiger partial charge >= 0.3 is 0 Å². The van der Waals surface area contributed by atoms with Crippen molar-refractivity contribution in [1.82, 2.24) is 0 Å². The molecule has 1 N–H and O–H groups in total. The highest BCUT2D eigenvalue weighted by Gasteiger charge is 1.99. The number of rotatable bonds is 4. The summed E-state index contributed by atoms with van der Waals surface area (Å²) < 4.78 is 12.6. The van der Waals surface area contributed by atoms with E-state index in [9.17, 15) is 4.39 Å². The first kappa shape index (κ1) is 11.3. The minimum Gasteiger partial charge on any atom is -0.380 e. The number of halogens is 3. The second kappa shape index (κ2) is 5.89. The Morgan fingerprint density at radius 2 is 2.14 bits per heavy atom. The molecule has 0 heterocycles. The first-order valence-electron chi connectivity index (χ1n) is 4.14. The van der Waals surface area contributed by atoms with Crippen LogP contribution in [0.3, 0.4) is 0 Å². The van der Waals surface area contributed by atoms with E-state index >= 15 is 0 Å². The highest BCUT2D eigenvalue weighted by atomic mass is 35.5. The van der Waals surface area contributed by atoms with Gasteiger partial charge in [0.25, 0.3) is 0 Å². The molecule has 0 unspecified atom stereocenters. The number of hydrogen-bond donors (Lipinski definition) is 1. The minimum absolute atomic E-state index is 0.336. The van der Waals surface area contributed by atoms with Gasteiger partial charge in [-0.15, -0.1) is 11.6 Å². The molecule has 0 aromatic heterocycles. The Kier molecular flexibility index (Phi) is 4.77. The predicted molar refractivity (Wildman–Crippen MR) is 59.8 cm³/mol. The first-order valence-corrected chi connectivity index (χ1v) is 5.05. The molecule has 0 fully saturated rings. The quantitative estimate of drug-likeness (QED) is 0.618. The Bertz CT molecular complexity index is 326. The molecular weight excluding hydrogens is 224 g/mol. The van der Waals surface area contributed by atoms with Gasteiger partial charge in [-0.2, -0.15) is 0 Å². The van der Waals surface area contributed by atoms with Gasteiger partial charge in [0, 0.05) is 12.4 Å². The van der Waals surface area contributed by atoms with Crippen LogP contribution in [0, 0.1) is 5.82 Å². The van der Waals surface area contributed by atoms with Crippen LogP contribution in [-0.2, 0) is 0 Å². The van der Waals surface area contributed by atoms with Crippen molar-refractivity contribution in [2.75, 3.05) is 17.7 Å². The topological polar surface area (TPSA) is 12.0 Å². The average molecular weight is 234 g/mol. The fourth-order valence-corrected chi connectivity index (χ4v) is 1.31. The van der Waals surface area contributed by atoms with Gasteiger partial charge in [-0.3, -0.25) is 0 Å². The molecule has 0 aliphatic carbocycles. The number of benzene rings is 1. The standard InChI is InChI=1S/C10H10Cl2FN/c11-5-1-2-6-14-10-4-3-8(13)7-9(10)12/h1-4,7,14H,5-6H2/b2-1+. The second-order valence-corrected chi connectivity index (χ2v) is 3.35. The van der Waals surface area contributed by atoms with Crippen molar-refractivity contribution >= 4 is 28.9 Å². The van der Waals surface area contributed by atoms with Crippen LogP contribution < -0.4 is 5.32 Å². The summed E-state index contributed by atoms with van der Waals surface area (Å²) in [5, 5.41) is 3.41. The van der Waals surface area contributed by atoms with E-state index in [1.54, 1.807) is 6.07 Å². The molecule has 1 aromatic carbocycles. The molecule has 1 nitrogen and oxygen atoms in total. The summed E-state index contributed by atoms with van der Waals surface area (Å²) in [6.45, 7) is 0.623. The van der Waals surface area contributed by atoms with Gasteiger partial charge in [-0.05, 0) is 18.2 Å². The summed E-state index contributed by atoms with van der Waals surface area (Å²) in [4.78, 5) is 0. The zero-order valence-electron chi connectivity index (χ0n) is 7.43. The minimum atomic E-state index is -0.336. The Morgan fingerprint density at radius 3 is 2.79 bits per heavy atom. The van der Waals surface area contributed by atoms with Crippen LogP contribution in [0.5, 0.6) is 0 Å². The predicted octanol–water partition coefficient (Wildman–Crippen LogP) is 3.69. The molecule has 0 atom stereocenters. The third-order valence-electron chi connectivity index (χ3n) is 1.60. The lowest BCUT2D eigenvalue weighted by molar-refractivity contribution is 0.628. The van der Waals surface area contributed by atoms with Gasteiger partial charge in [0.15, 0.2) is 0 Å². The number of alkyl halides is 1. The maximum Gasteiger partial charge on any atom is 0.124 e. The molecular formula is C10H10Cl2FN. The molecule has 0 saturated carbocycles. The fourth-order valence-electron chi connectivity index (χ4n) is 0.948. The SMILES string of the molecule is Fc1ccc(NC/C=C/CCl)c(Cl)c1. The number of hydrogen-bond acceptors (Lipinski definition) is 1. The van der Waals surface area contributed by atoms with Crippen LogP contribution in [0.15, 0.2) is 30.4 Å². The van der Waals surface area contributed by atoms with Crippen molar-refractivity contribution in [3.8, 4) is 0 Å². The molecule has 0 aliphatic rings. The number of anilines is 1. The van der Waals surface area contributed by atoms with Gasteiger partial charge in [-0.25, -0.2) is 4.39 Å². The first-order chi connectivity index (χ1) is 6.74. The molecule has 76 valence electrons. The third-order valence-corrected chi connectivity index (χ3v) is 2.09. The van der Waals surface area contributed by atoms with Crippen LogP contribution in [0.2, 0.25) is 5.02 Å². The third kappa shape index (κ3) is 3.56. The summed E-state index contributed by atoms with van der Waals surface area (Å²) in [6, 6.07) is 4.24. The van der Waals surface area contributed by atoms with Crippen molar-refractivity contribution in [3.63, 3.8) is 0 Å². The Morgan fingerprint density at radius 1 is 1.36 bits per heavy atom. The van der Waals surface area contributed by atoms with Crippen LogP contribution >= 0.6 is 23.2 Å². The van der Waals surface area contributed by atoms with Crippen LogP contribution in [0.1, 0.15) is 0 Å². The molecule has 0 amide bonds. The molecule has 1 aromatic rings. The summed E-state index contributed by atoms with van der Waals surface area (Å²) in [5.41, 5.74) is 0.715. The van der Waals surface area contributed by atoms with Gasteiger partial charge in [0.05, 0.1) is 10.7 Å². The molecule has 0 radical (unpaired) electrons. The van der Waals surface area contributed by atoms with Crippen molar-refractivity contribution in [2.45, 2.75) is 0 Å². The van der Waals surface area contributed by atoms with Crippen molar-refractivity contribution in [2.24, 2.45) is 0 Å². The summed E-state index contributed by atoms with van der Waals surface area (Å²) in [6.07, 6.45) is 3.71. The lowest BCUT2D eigenvalue weighted by Gasteiger charge is -2.05. The van der Waals surface area contributed by atoms with E-state index in [1.807, 2.05) is 12.2 Å². The van der Waals surface area contributed by atoms with Gasteiger partial charge in [0.1, 0.15) is 5.82 Å². The lowest BCUT2D eigenvalue weighted by atomic mass is 10.3. The van der Waals surface area contributed by atoms with Crippen LogP contribution in [0.4, 0.5) is 10.1 Å². The highest BCUT2D eigenvalue weighted by molar-refractivity contribution is 6.33. The van der Waals surface area contributed by atoms with Crippen LogP contribution in [0.25, 0.3) is 0 Å². The van der Waals surface area contributed by atoms with E-state index in [0.29, 0.717) is 23.1 Å². The van der Waals surface area contributed by atoms with E-state index in [4.69, 9.17) is 23.2 Å². The maximum atomic E-state index is 12.6. The van der Waals surface area contributed by atoms with Crippen molar-refractivity contribution < 1.29 is 4.39 Å². The number of allylic oxidation sites excluding steroid dienone is 1. The second-order valence-electron chi connectivity index (χ2n) is 2.63. The fraction of sp³-hybridized carbons (Fsp3) is 0.200. The van der Waals surface area contributed by atoms with Crippen molar-refractivity contribution in [1.29, 1.82) is 0 Å². The lowest BCUT2D eigenvalue weighted by Crippen LogP contribution is -1.98. The normalized spacial score (nSPS) is 10.8. The molecule has 0 spiro atoms.